The first-order valence-electron chi connectivity index (χ1n) is 9.73. The van der Waals surface area contributed by atoms with Crippen LogP contribution in [0.4, 0.5) is 5.69 Å². The molecule has 28 heavy (non-hydrogen) atoms. The fourth-order valence-electron chi connectivity index (χ4n) is 3.29. The van der Waals surface area contributed by atoms with E-state index in [4.69, 9.17) is 0 Å². The van der Waals surface area contributed by atoms with Gasteiger partial charge >= 0.3 is 0 Å². The summed E-state index contributed by atoms with van der Waals surface area (Å²) in [6, 6.07) is 27.5. The van der Waals surface area contributed by atoms with Crippen molar-refractivity contribution in [3.63, 3.8) is 0 Å². The molecule has 0 spiro atoms. The van der Waals surface area contributed by atoms with Crippen molar-refractivity contribution in [3.05, 3.63) is 102 Å². The minimum Gasteiger partial charge on any atom is -0.297 e. The molecular weight excluding hydrogens is 346 g/mol. The Morgan fingerprint density at radius 2 is 1.32 bits per heavy atom. The van der Waals surface area contributed by atoms with Crippen molar-refractivity contribution in [1.29, 1.82) is 0 Å². The average Bonchev–Trinajstić information content (AvgIpc) is 2.77. The average molecular weight is 371 g/mol. The van der Waals surface area contributed by atoms with Crippen LogP contribution in [0.5, 0.6) is 0 Å². The highest BCUT2D eigenvalue weighted by molar-refractivity contribution is 6.08. The van der Waals surface area contributed by atoms with E-state index < -0.39 is 6.04 Å². The smallest absolute Gasteiger partial charge is 0.227 e. The van der Waals surface area contributed by atoms with Gasteiger partial charge in [0.1, 0.15) is 6.04 Å². The molecule has 0 aromatic heterocycles. The number of unbranched alkanes of at least 4 members (excludes halogenated alkanes) is 1. The molecule has 0 aliphatic heterocycles. The minimum atomic E-state index is -0.699. The zero-order valence-electron chi connectivity index (χ0n) is 16.1. The molecule has 0 N–H and O–H groups in total. The number of rotatable bonds is 8. The highest BCUT2D eigenvalue weighted by Gasteiger charge is 2.32. The van der Waals surface area contributed by atoms with Gasteiger partial charge in [0.25, 0.3) is 0 Å². The maximum atomic E-state index is 13.5. The van der Waals surface area contributed by atoms with Gasteiger partial charge in [-0.3, -0.25) is 14.5 Å². The topological polar surface area (TPSA) is 37.4 Å². The van der Waals surface area contributed by atoms with E-state index in [1.807, 2.05) is 78.9 Å². The summed E-state index contributed by atoms with van der Waals surface area (Å²) in [4.78, 5) is 28.4. The van der Waals surface area contributed by atoms with Crippen LogP contribution in [0.2, 0.25) is 0 Å². The summed E-state index contributed by atoms with van der Waals surface area (Å²) in [5.41, 5.74) is 2.15. The van der Waals surface area contributed by atoms with Gasteiger partial charge in [0.2, 0.25) is 5.91 Å². The lowest BCUT2D eigenvalue weighted by Crippen LogP contribution is -2.39. The molecule has 1 atom stereocenters. The Bertz CT molecular complexity index is 892. The summed E-state index contributed by atoms with van der Waals surface area (Å²) >= 11 is 0. The normalized spacial score (nSPS) is 11.6. The number of anilines is 1. The summed E-state index contributed by atoms with van der Waals surface area (Å²) in [6.45, 7) is 2.06. The van der Waals surface area contributed by atoms with Crippen molar-refractivity contribution in [2.75, 3.05) is 4.90 Å². The molecule has 3 rings (SSSR count). The Morgan fingerprint density at radius 3 is 1.89 bits per heavy atom. The van der Waals surface area contributed by atoms with E-state index in [9.17, 15) is 9.59 Å². The van der Waals surface area contributed by atoms with E-state index in [0.29, 0.717) is 12.0 Å². The number of amides is 1. The number of carbonyl (C=O) groups excluding carboxylic acids is 2. The van der Waals surface area contributed by atoms with E-state index in [1.165, 1.54) is 0 Å². The van der Waals surface area contributed by atoms with Crippen LogP contribution in [-0.2, 0) is 4.79 Å². The third kappa shape index (κ3) is 4.55. The first-order chi connectivity index (χ1) is 13.7. The molecule has 142 valence electrons. The van der Waals surface area contributed by atoms with E-state index in [2.05, 4.69) is 6.92 Å². The van der Waals surface area contributed by atoms with Gasteiger partial charge in [-0.1, -0.05) is 92.2 Å². The summed E-state index contributed by atoms with van der Waals surface area (Å²) < 4.78 is 0. The first-order valence-corrected chi connectivity index (χ1v) is 9.73. The lowest BCUT2D eigenvalue weighted by atomic mass is 9.94. The summed E-state index contributed by atoms with van der Waals surface area (Å²) in [5, 5.41) is 0. The number of Topliss-reactive ketones (excluding diaryl/α,β-unsaturated/α-hetero) is 1. The van der Waals surface area contributed by atoms with Crippen molar-refractivity contribution in [3.8, 4) is 0 Å². The van der Waals surface area contributed by atoms with Gasteiger partial charge in [-0.05, 0) is 24.1 Å². The molecule has 0 saturated heterocycles. The highest BCUT2D eigenvalue weighted by Crippen LogP contribution is 2.31. The first kappa shape index (κ1) is 19.6. The number of carbonyl (C=O) groups is 2. The Hall–Kier alpha value is -3.20. The number of para-hydroxylation sites is 1. The number of hydrogen-bond donors (Lipinski definition) is 0. The van der Waals surface area contributed by atoms with Gasteiger partial charge in [-0.15, -0.1) is 0 Å². The van der Waals surface area contributed by atoms with E-state index >= 15 is 0 Å². The Morgan fingerprint density at radius 1 is 0.786 bits per heavy atom. The molecule has 3 nitrogen and oxygen atoms in total. The molecule has 0 saturated carbocycles. The second-order valence-corrected chi connectivity index (χ2v) is 6.75. The SMILES string of the molecule is CCCCC(=O)N(c1ccccc1)C(C(=O)c1ccccc1)c1ccccc1. The Labute approximate surface area is 166 Å². The molecule has 3 aromatic rings. The molecule has 0 heterocycles. The second kappa shape index (κ2) is 9.65. The summed E-state index contributed by atoms with van der Waals surface area (Å²) in [5.74, 6) is -0.119. The largest absolute Gasteiger partial charge is 0.297 e. The van der Waals surface area contributed by atoms with E-state index in [0.717, 1.165) is 24.1 Å². The molecule has 0 bridgehead atoms. The number of ketones is 1. The van der Waals surface area contributed by atoms with Gasteiger partial charge < -0.3 is 0 Å². The number of nitrogens with zero attached hydrogens (tertiary/aromatic N) is 1. The maximum Gasteiger partial charge on any atom is 0.227 e. The van der Waals surface area contributed by atoms with Gasteiger partial charge in [-0.2, -0.15) is 0 Å². The van der Waals surface area contributed by atoms with Crippen molar-refractivity contribution < 1.29 is 9.59 Å². The predicted octanol–water partition coefficient (Wildman–Crippen LogP) is 5.83. The summed E-state index contributed by atoms with van der Waals surface area (Å²) in [6.07, 6.45) is 2.14. The third-order valence-electron chi connectivity index (χ3n) is 4.73. The lowest BCUT2D eigenvalue weighted by Gasteiger charge is -2.31. The van der Waals surface area contributed by atoms with Crippen molar-refractivity contribution >= 4 is 17.4 Å². The standard InChI is InChI=1S/C25H25NO2/c1-2-3-19-23(27)26(22-17-11-6-12-18-22)24(20-13-7-4-8-14-20)25(28)21-15-9-5-10-16-21/h4-18,24H,2-3,19H2,1H3. The zero-order valence-corrected chi connectivity index (χ0v) is 16.1. The van der Waals surface area contributed by atoms with Crippen LogP contribution < -0.4 is 4.90 Å². The van der Waals surface area contributed by atoms with Crippen LogP contribution in [0.1, 0.15) is 48.1 Å². The summed E-state index contributed by atoms with van der Waals surface area (Å²) in [7, 11) is 0. The van der Waals surface area contributed by atoms with E-state index in [1.54, 1.807) is 17.0 Å². The minimum absolute atomic E-state index is 0.0359. The molecule has 1 amide bonds. The molecule has 0 fully saturated rings. The highest BCUT2D eigenvalue weighted by atomic mass is 16.2. The number of benzene rings is 3. The van der Waals surface area contributed by atoms with Crippen LogP contribution in [-0.4, -0.2) is 11.7 Å². The zero-order chi connectivity index (χ0) is 19.8. The van der Waals surface area contributed by atoms with Gasteiger partial charge in [-0.25, -0.2) is 0 Å². The lowest BCUT2D eigenvalue weighted by molar-refractivity contribution is -0.119. The fourth-order valence-corrected chi connectivity index (χ4v) is 3.29. The van der Waals surface area contributed by atoms with Crippen molar-refractivity contribution in [2.24, 2.45) is 0 Å². The van der Waals surface area contributed by atoms with Gasteiger partial charge in [0, 0.05) is 17.7 Å². The molecule has 1 unspecified atom stereocenters. The molecule has 3 aromatic carbocycles. The molecule has 0 aliphatic rings. The van der Waals surface area contributed by atoms with Crippen LogP contribution in [0.15, 0.2) is 91.0 Å². The van der Waals surface area contributed by atoms with Crippen LogP contribution in [0.3, 0.4) is 0 Å². The van der Waals surface area contributed by atoms with Crippen LogP contribution in [0.25, 0.3) is 0 Å². The van der Waals surface area contributed by atoms with Gasteiger partial charge in [0.05, 0.1) is 0 Å². The van der Waals surface area contributed by atoms with Crippen molar-refractivity contribution in [2.45, 2.75) is 32.2 Å². The monoisotopic (exact) mass is 371 g/mol. The quantitative estimate of drug-likeness (QED) is 0.467. The van der Waals surface area contributed by atoms with Crippen LogP contribution >= 0.6 is 0 Å². The van der Waals surface area contributed by atoms with E-state index in [-0.39, 0.29) is 11.7 Å². The molecule has 0 aliphatic carbocycles. The Balaban J connectivity index is 2.11. The third-order valence-corrected chi connectivity index (χ3v) is 4.73. The van der Waals surface area contributed by atoms with Crippen molar-refractivity contribution in [1.82, 2.24) is 0 Å². The molecule has 3 heteroatoms. The molecule has 0 radical (unpaired) electrons. The maximum absolute atomic E-state index is 13.5. The fraction of sp³-hybridized carbons (Fsp3) is 0.200. The predicted molar refractivity (Wildman–Crippen MR) is 113 cm³/mol. The Kier molecular flexibility index (Phi) is 6.74. The number of hydrogen-bond acceptors (Lipinski definition) is 2. The van der Waals surface area contributed by atoms with Crippen LogP contribution in [0, 0.1) is 0 Å². The van der Waals surface area contributed by atoms with Gasteiger partial charge in [0.15, 0.2) is 5.78 Å². The second-order valence-electron chi connectivity index (χ2n) is 6.75. The molecular formula is C25H25NO2.